The Morgan fingerprint density at radius 1 is 1.24 bits per heavy atom. The molecule has 1 heterocycles. The molecule has 3 rings (SSSR count). The summed E-state index contributed by atoms with van der Waals surface area (Å²) in [6, 6.07) is 0. The van der Waals surface area contributed by atoms with E-state index in [4.69, 9.17) is 9.84 Å². The summed E-state index contributed by atoms with van der Waals surface area (Å²) < 4.78 is 9.59. The fraction of sp³-hybridized carbons (Fsp3) is 0.647. The third-order valence-corrected chi connectivity index (χ3v) is 5.10. The number of hydrogen-bond acceptors (Lipinski definition) is 7. The molecule has 1 aliphatic heterocycles. The van der Waals surface area contributed by atoms with E-state index in [9.17, 15) is 19.2 Å². The average Bonchev–Trinajstić information content (AvgIpc) is 3.26. The molecule has 3 unspecified atom stereocenters. The van der Waals surface area contributed by atoms with Crippen molar-refractivity contribution in [2.45, 2.75) is 25.9 Å². The van der Waals surface area contributed by atoms with Crippen LogP contribution in [0.15, 0.2) is 12.2 Å². The monoisotopic (exact) mass is 351 g/mol. The maximum absolute atomic E-state index is 12.5. The highest BCUT2D eigenvalue weighted by atomic mass is 16.6. The Hall–Kier alpha value is -2.22. The van der Waals surface area contributed by atoms with Gasteiger partial charge in [0.25, 0.3) is 0 Å². The molecule has 0 aromatic carbocycles. The van der Waals surface area contributed by atoms with Crippen molar-refractivity contribution in [1.29, 1.82) is 0 Å². The summed E-state index contributed by atoms with van der Waals surface area (Å²) in [5.74, 6) is -1.97. The van der Waals surface area contributed by atoms with Gasteiger partial charge in [0.15, 0.2) is 6.10 Å². The topological polar surface area (TPSA) is 110 Å². The number of aliphatic hydroxyl groups excluding tert-OH is 1. The molecule has 8 heteroatoms. The number of nitrogens with zero attached hydrogens (tertiary/aromatic N) is 1. The quantitative estimate of drug-likeness (QED) is 0.289. The minimum atomic E-state index is -1.12. The van der Waals surface area contributed by atoms with Crippen LogP contribution in [0.3, 0.4) is 0 Å². The van der Waals surface area contributed by atoms with Crippen molar-refractivity contribution < 1.29 is 33.8 Å². The number of likely N-dealkylation sites (tertiary alicyclic amines) is 1. The Bertz CT molecular complexity index is 598. The predicted octanol–water partition coefficient (Wildman–Crippen LogP) is -0.349. The number of imide groups is 1. The normalized spacial score (nSPS) is 30.6. The van der Waals surface area contributed by atoms with E-state index in [-0.39, 0.29) is 48.6 Å². The van der Waals surface area contributed by atoms with Crippen LogP contribution in [0.2, 0.25) is 0 Å². The number of amides is 2. The second kappa shape index (κ2) is 6.95. The first kappa shape index (κ1) is 17.6. The van der Waals surface area contributed by atoms with E-state index in [1.165, 1.54) is 11.8 Å². The van der Waals surface area contributed by atoms with Crippen LogP contribution in [-0.4, -0.2) is 59.6 Å². The standard InChI is InChI=1S/C17H21NO7/c1-9(25-12(20)8-19)17(23)24-6-2-5-18-15(21)13-10-3-4-11(7-10)14(13)16(18)22/h3-4,9-11,13-14,19H,2,5-8H2,1H3/t9?,10?,11?,13-,14+. The van der Waals surface area contributed by atoms with Gasteiger partial charge in [0.05, 0.1) is 18.4 Å². The minimum Gasteiger partial charge on any atom is -0.463 e. The molecule has 1 saturated carbocycles. The lowest BCUT2D eigenvalue weighted by molar-refractivity contribution is -0.168. The van der Waals surface area contributed by atoms with Crippen LogP contribution in [-0.2, 0) is 28.7 Å². The third-order valence-electron chi connectivity index (χ3n) is 5.10. The minimum absolute atomic E-state index is 0.0113. The fourth-order valence-electron chi connectivity index (χ4n) is 3.98. The number of aliphatic hydroxyl groups is 1. The van der Waals surface area contributed by atoms with Crippen molar-refractivity contribution in [3.05, 3.63) is 12.2 Å². The molecular formula is C17H21NO7. The molecule has 0 aromatic heterocycles. The molecular weight excluding hydrogens is 330 g/mol. The van der Waals surface area contributed by atoms with Gasteiger partial charge in [0.1, 0.15) is 6.61 Å². The maximum Gasteiger partial charge on any atom is 0.347 e. The van der Waals surface area contributed by atoms with Crippen LogP contribution < -0.4 is 0 Å². The lowest BCUT2D eigenvalue weighted by Gasteiger charge is -2.17. The van der Waals surface area contributed by atoms with E-state index in [1.54, 1.807) is 0 Å². The number of allylic oxidation sites excluding steroid dienone is 2. The first-order valence-corrected chi connectivity index (χ1v) is 8.44. The number of carbonyl (C=O) groups is 4. The van der Waals surface area contributed by atoms with Crippen molar-refractivity contribution in [1.82, 2.24) is 4.90 Å². The Kier molecular flexibility index (Phi) is 4.89. The number of ether oxygens (including phenoxy) is 2. The third kappa shape index (κ3) is 3.18. The highest BCUT2D eigenvalue weighted by Gasteiger charge is 2.58. The zero-order valence-electron chi connectivity index (χ0n) is 13.9. The summed E-state index contributed by atoms with van der Waals surface area (Å²) >= 11 is 0. The van der Waals surface area contributed by atoms with Gasteiger partial charge in [-0.25, -0.2) is 9.59 Å². The highest BCUT2D eigenvalue weighted by Crippen LogP contribution is 2.52. The Morgan fingerprint density at radius 2 is 1.84 bits per heavy atom. The number of rotatable bonds is 7. The van der Waals surface area contributed by atoms with Crippen LogP contribution >= 0.6 is 0 Å². The van der Waals surface area contributed by atoms with Crippen LogP contribution in [0.4, 0.5) is 0 Å². The van der Waals surface area contributed by atoms with Crippen LogP contribution in [0.25, 0.3) is 0 Å². The summed E-state index contributed by atoms with van der Waals surface area (Å²) in [5.41, 5.74) is 0. The summed E-state index contributed by atoms with van der Waals surface area (Å²) in [6.45, 7) is 0.753. The average molecular weight is 351 g/mol. The lowest BCUT2D eigenvalue weighted by atomic mass is 9.85. The van der Waals surface area contributed by atoms with Crippen molar-refractivity contribution in [3.63, 3.8) is 0 Å². The second-order valence-corrected chi connectivity index (χ2v) is 6.64. The summed E-state index contributed by atoms with van der Waals surface area (Å²) in [5, 5.41) is 8.56. The molecule has 2 fully saturated rings. The largest absolute Gasteiger partial charge is 0.463 e. The van der Waals surface area contributed by atoms with E-state index >= 15 is 0 Å². The van der Waals surface area contributed by atoms with Crippen LogP contribution in [0, 0.1) is 23.7 Å². The summed E-state index contributed by atoms with van der Waals surface area (Å²) in [7, 11) is 0. The molecule has 2 bridgehead atoms. The highest BCUT2D eigenvalue weighted by molar-refractivity contribution is 6.06. The van der Waals surface area contributed by atoms with Gasteiger partial charge in [-0.15, -0.1) is 0 Å². The van der Waals surface area contributed by atoms with Crippen molar-refractivity contribution in [3.8, 4) is 0 Å². The molecule has 0 radical (unpaired) electrons. The molecule has 2 aliphatic carbocycles. The van der Waals surface area contributed by atoms with Crippen molar-refractivity contribution >= 4 is 23.8 Å². The number of esters is 2. The van der Waals surface area contributed by atoms with E-state index in [0.29, 0.717) is 6.42 Å². The van der Waals surface area contributed by atoms with Gasteiger partial charge in [-0.05, 0) is 31.6 Å². The smallest absolute Gasteiger partial charge is 0.347 e. The summed E-state index contributed by atoms with van der Waals surface area (Å²) in [6.07, 6.45) is 4.18. The van der Waals surface area contributed by atoms with Crippen LogP contribution in [0.1, 0.15) is 19.8 Å². The zero-order valence-corrected chi connectivity index (χ0v) is 13.9. The molecule has 25 heavy (non-hydrogen) atoms. The Morgan fingerprint density at radius 3 is 2.40 bits per heavy atom. The van der Waals surface area contributed by atoms with Crippen LogP contribution in [0.5, 0.6) is 0 Å². The molecule has 3 aliphatic rings. The molecule has 136 valence electrons. The number of carbonyl (C=O) groups excluding carboxylic acids is 4. The fourth-order valence-corrected chi connectivity index (χ4v) is 3.98. The predicted molar refractivity (Wildman–Crippen MR) is 82.7 cm³/mol. The summed E-state index contributed by atoms with van der Waals surface area (Å²) in [4.78, 5) is 48.7. The molecule has 1 saturated heterocycles. The van der Waals surface area contributed by atoms with E-state index in [0.717, 1.165) is 6.42 Å². The Balaban J connectivity index is 1.43. The number of hydrogen-bond donors (Lipinski definition) is 1. The first-order chi connectivity index (χ1) is 11.9. The van der Waals surface area contributed by atoms with Gasteiger partial charge in [-0.3, -0.25) is 14.5 Å². The van der Waals surface area contributed by atoms with Gasteiger partial charge in [-0.1, -0.05) is 12.2 Å². The van der Waals surface area contributed by atoms with E-state index < -0.39 is 24.6 Å². The van der Waals surface area contributed by atoms with Gasteiger partial charge >= 0.3 is 11.9 Å². The molecule has 2 amide bonds. The van der Waals surface area contributed by atoms with Gasteiger partial charge in [-0.2, -0.15) is 0 Å². The number of fused-ring (bicyclic) bond motifs is 5. The molecule has 8 nitrogen and oxygen atoms in total. The molecule has 0 spiro atoms. The maximum atomic E-state index is 12.5. The van der Waals surface area contributed by atoms with E-state index in [2.05, 4.69) is 4.74 Å². The first-order valence-electron chi connectivity index (χ1n) is 8.44. The van der Waals surface area contributed by atoms with Crippen molar-refractivity contribution in [2.75, 3.05) is 19.8 Å². The zero-order chi connectivity index (χ0) is 18.1. The lowest BCUT2D eigenvalue weighted by Crippen LogP contribution is -2.34. The van der Waals surface area contributed by atoms with E-state index in [1.807, 2.05) is 12.2 Å². The van der Waals surface area contributed by atoms with Gasteiger partial charge in [0.2, 0.25) is 11.8 Å². The van der Waals surface area contributed by atoms with Gasteiger partial charge in [0, 0.05) is 6.54 Å². The molecule has 0 aromatic rings. The second-order valence-electron chi connectivity index (χ2n) is 6.64. The van der Waals surface area contributed by atoms with Crippen molar-refractivity contribution in [2.24, 2.45) is 23.7 Å². The molecule has 1 N–H and O–H groups in total. The van der Waals surface area contributed by atoms with Gasteiger partial charge < -0.3 is 14.6 Å². The molecule has 5 atom stereocenters. The SMILES string of the molecule is CC(OC(=O)CO)C(=O)OCCCN1C(=O)[C@@H]2C3C=CC(C3)[C@@H]2C1=O. The Labute approximate surface area is 144 Å².